The van der Waals surface area contributed by atoms with Crippen molar-refractivity contribution in [2.75, 3.05) is 6.61 Å². The summed E-state index contributed by atoms with van der Waals surface area (Å²) in [7, 11) is 0. The van der Waals surface area contributed by atoms with Crippen LogP contribution in [0, 0.1) is 29.1 Å². The minimum absolute atomic E-state index is 0.0202. The van der Waals surface area contributed by atoms with Crippen molar-refractivity contribution in [3.8, 4) is 0 Å². The quantitative estimate of drug-likeness (QED) is 0.560. The molecule has 0 aromatic rings. The van der Waals surface area contributed by atoms with Crippen molar-refractivity contribution in [1.82, 2.24) is 0 Å². The van der Waals surface area contributed by atoms with Gasteiger partial charge in [0.1, 0.15) is 0 Å². The van der Waals surface area contributed by atoms with Gasteiger partial charge in [-0.3, -0.25) is 0 Å². The van der Waals surface area contributed by atoms with Gasteiger partial charge in [0.05, 0.1) is 12.7 Å². The fourth-order valence-electron chi connectivity index (χ4n) is 5.80. The predicted octanol–water partition coefficient (Wildman–Crippen LogP) is 5.44. The van der Waals surface area contributed by atoms with Gasteiger partial charge in [-0.25, -0.2) is 0 Å². The Morgan fingerprint density at radius 1 is 1.46 bits per heavy atom. The third kappa shape index (κ3) is 3.83. The monoisotopic (exact) mass is 398 g/mol. The van der Waals surface area contributed by atoms with Crippen LogP contribution in [-0.4, -0.2) is 22.9 Å². The largest absolute Gasteiger partial charge is 0.392 e. The molecular weight excluding hydrogens is 364 g/mol. The lowest BCUT2D eigenvalue weighted by Gasteiger charge is -2.44. The topological polar surface area (TPSA) is 40.5 Å². The van der Waals surface area contributed by atoms with Gasteiger partial charge in [-0.1, -0.05) is 48.9 Å². The maximum Gasteiger partial charge on any atom is 0.0642 e. The van der Waals surface area contributed by atoms with Gasteiger partial charge in [0.2, 0.25) is 0 Å². The van der Waals surface area contributed by atoms with Crippen LogP contribution in [0.25, 0.3) is 0 Å². The summed E-state index contributed by atoms with van der Waals surface area (Å²) in [6.45, 7) is 10.8. The normalized spacial score (nSPS) is 35.5. The molecule has 138 valence electrons. The SMILES string of the molecule is C=C(CO)[C@@H](CC)[C@H](O)C[C@@H](C)[C@H]1CC[C@H]2C(=CBr)CCC[C@]12C. The predicted molar refractivity (Wildman–Crippen MR) is 105 cm³/mol. The molecule has 2 aliphatic rings. The van der Waals surface area contributed by atoms with E-state index in [1.54, 1.807) is 5.57 Å². The summed E-state index contributed by atoms with van der Waals surface area (Å²) in [5.74, 6) is 1.92. The van der Waals surface area contributed by atoms with E-state index < -0.39 is 0 Å². The first-order valence-electron chi connectivity index (χ1n) is 9.64. The van der Waals surface area contributed by atoms with Gasteiger partial charge >= 0.3 is 0 Å². The molecule has 0 aliphatic heterocycles. The minimum Gasteiger partial charge on any atom is -0.392 e. The fourth-order valence-corrected chi connectivity index (χ4v) is 6.35. The number of fused-ring (bicyclic) bond motifs is 1. The van der Waals surface area contributed by atoms with Crippen molar-refractivity contribution < 1.29 is 10.2 Å². The minimum atomic E-state index is -0.387. The molecule has 0 radical (unpaired) electrons. The van der Waals surface area contributed by atoms with Crippen LogP contribution in [0.15, 0.2) is 22.7 Å². The standard InChI is InChI=1S/C21H35BrO2/c1-5-17(15(3)13-23)20(24)11-14(2)18-8-9-19-16(12-22)7-6-10-21(18,19)4/h12,14,17-20,23-24H,3,5-11,13H2,1-2,4H3/t14-,17-,18-,19+,20-,21-/m1/s1. The summed E-state index contributed by atoms with van der Waals surface area (Å²) in [5.41, 5.74) is 2.75. The van der Waals surface area contributed by atoms with Crippen LogP contribution in [0.5, 0.6) is 0 Å². The van der Waals surface area contributed by atoms with Crippen LogP contribution in [0.4, 0.5) is 0 Å². The van der Waals surface area contributed by atoms with Gasteiger partial charge in [-0.05, 0) is 78.7 Å². The fraction of sp³-hybridized carbons (Fsp3) is 0.810. The summed E-state index contributed by atoms with van der Waals surface area (Å²) in [6.07, 6.45) is 7.68. The van der Waals surface area contributed by atoms with Crippen LogP contribution in [-0.2, 0) is 0 Å². The molecule has 0 spiro atoms. The van der Waals surface area contributed by atoms with E-state index in [1.807, 2.05) is 0 Å². The molecule has 2 saturated carbocycles. The Morgan fingerprint density at radius 2 is 2.17 bits per heavy atom. The van der Waals surface area contributed by atoms with Crippen LogP contribution >= 0.6 is 15.9 Å². The molecule has 0 heterocycles. The van der Waals surface area contributed by atoms with Gasteiger partial charge in [-0.15, -0.1) is 0 Å². The van der Waals surface area contributed by atoms with Crippen LogP contribution in [0.1, 0.15) is 65.7 Å². The van der Waals surface area contributed by atoms with Gasteiger partial charge < -0.3 is 10.2 Å². The van der Waals surface area contributed by atoms with E-state index >= 15 is 0 Å². The molecule has 0 unspecified atom stereocenters. The lowest BCUT2D eigenvalue weighted by molar-refractivity contribution is 0.0445. The molecule has 2 aliphatic carbocycles. The Labute approximate surface area is 156 Å². The molecule has 3 heteroatoms. The maximum atomic E-state index is 10.7. The maximum absolute atomic E-state index is 10.7. The number of allylic oxidation sites excluding steroid dienone is 1. The van der Waals surface area contributed by atoms with Gasteiger partial charge in [-0.2, -0.15) is 0 Å². The Balaban J connectivity index is 2.07. The second-order valence-corrected chi connectivity index (χ2v) is 8.85. The molecule has 2 rings (SSSR count). The number of halogens is 1. The van der Waals surface area contributed by atoms with Crippen molar-refractivity contribution in [3.63, 3.8) is 0 Å². The Morgan fingerprint density at radius 3 is 2.75 bits per heavy atom. The van der Waals surface area contributed by atoms with E-state index in [1.165, 1.54) is 32.1 Å². The zero-order chi connectivity index (χ0) is 17.9. The molecule has 2 N–H and O–H groups in total. The molecule has 24 heavy (non-hydrogen) atoms. The molecule has 2 fully saturated rings. The highest BCUT2D eigenvalue weighted by Gasteiger charge is 2.50. The number of hydrogen-bond donors (Lipinski definition) is 2. The van der Waals surface area contributed by atoms with E-state index in [4.69, 9.17) is 0 Å². The van der Waals surface area contributed by atoms with Crippen molar-refractivity contribution in [2.24, 2.45) is 29.1 Å². The van der Waals surface area contributed by atoms with Gasteiger partial charge in [0.25, 0.3) is 0 Å². The van der Waals surface area contributed by atoms with Gasteiger partial charge in [0.15, 0.2) is 0 Å². The highest BCUT2D eigenvalue weighted by atomic mass is 79.9. The van der Waals surface area contributed by atoms with E-state index in [0.29, 0.717) is 23.2 Å². The summed E-state index contributed by atoms with van der Waals surface area (Å²) >= 11 is 3.59. The van der Waals surface area contributed by atoms with E-state index in [-0.39, 0.29) is 18.6 Å². The van der Waals surface area contributed by atoms with E-state index in [9.17, 15) is 10.2 Å². The Kier molecular flexibility index (Phi) is 7.16. The summed E-state index contributed by atoms with van der Waals surface area (Å²) < 4.78 is 0. The molecule has 2 nitrogen and oxygen atoms in total. The summed E-state index contributed by atoms with van der Waals surface area (Å²) in [6, 6.07) is 0. The number of hydrogen-bond acceptors (Lipinski definition) is 2. The van der Waals surface area contributed by atoms with E-state index in [2.05, 4.69) is 48.3 Å². The first-order chi connectivity index (χ1) is 11.4. The van der Waals surface area contributed by atoms with Crippen molar-refractivity contribution >= 4 is 15.9 Å². The van der Waals surface area contributed by atoms with Crippen LogP contribution in [0.3, 0.4) is 0 Å². The first-order valence-corrected chi connectivity index (χ1v) is 10.6. The third-order valence-electron chi connectivity index (χ3n) is 7.11. The number of aliphatic hydroxyl groups is 2. The molecule has 0 bridgehead atoms. The van der Waals surface area contributed by atoms with Crippen molar-refractivity contribution in [2.45, 2.75) is 71.8 Å². The second-order valence-electron chi connectivity index (χ2n) is 8.39. The van der Waals surface area contributed by atoms with Crippen LogP contribution in [0.2, 0.25) is 0 Å². The van der Waals surface area contributed by atoms with Gasteiger partial charge in [0, 0.05) is 5.92 Å². The lowest BCUT2D eigenvalue weighted by Crippen LogP contribution is -2.37. The molecule has 0 amide bonds. The summed E-state index contributed by atoms with van der Waals surface area (Å²) in [4.78, 5) is 2.18. The Hall–Kier alpha value is -0.120. The molecule has 0 aromatic heterocycles. The van der Waals surface area contributed by atoms with E-state index in [0.717, 1.165) is 18.4 Å². The zero-order valence-corrected chi connectivity index (χ0v) is 17.2. The third-order valence-corrected chi connectivity index (χ3v) is 7.70. The zero-order valence-electron chi connectivity index (χ0n) is 15.6. The van der Waals surface area contributed by atoms with Crippen LogP contribution < -0.4 is 0 Å². The number of aliphatic hydroxyl groups excluding tert-OH is 2. The Bertz CT molecular complexity index is 472. The lowest BCUT2D eigenvalue weighted by atomic mass is 9.61. The van der Waals surface area contributed by atoms with Crippen molar-refractivity contribution in [1.29, 1.82) is 0 Å². The number of rotatable bonds is 7. The average molecular weight is 399 g/mol. The second kappa shape index (κ2) is 8.51. The highest BCUT2D eigenvalue weighted by Crippen LogP contribution is 2.60. The molecule has 0 saturated heterocycles. The summed E-state index contributed by atoms with van der Waals surface area (Å²) in [5, 5.41) is 20.1. The first kappa shape index (κ1) is 20.2. The smallest absolute Gasteiger partial charge is 0.0642 e. The molecule has 6 atom stereocenters. The molecular formula is C21H35BrO2. The molecule has 0 aromatic carbocycles. The van der Waals surface area contributed by atoms with Crippen molar-refractivity contribution in [3.05, 3.63) is 22.7 Å². The average Bonchev–Trinajstić information content (AvgIpc) is 2.92. The highest BCUT2D eigenvalue weighted by molar-refractivity contribution is 9.11.